The van der Waals surface area contributed by atoms with Crippen molar-refractivity contribution in [1.82, 2.24) is 9.80 Å². The van der Waals surface area contributed by atoms with Crippen LogP contribution in [-0.4, -0.2) is 59.8 Å². The minimum Gasteiger partial charge on any atom is -0.481 e. The Morgan fingerprint density at radius 2 is 2.43 bits per heavy atom. The first-order valence-electron chi connectivity index (χ1n) is 7.35. The molecule has 1 aromatic rings. The molecule has 118 valence electrons. The molecule has 1 aliphatic heterocycles. The van der Waals surface area contributed by atoms with Crippen LogP contribution in [0.4, 0.5) is 4.39 Å². The molecule has 0 spiro atoms. The molecule has 0 amide bonds. The number of aliphatic carboxylic acids is 1. The first kappa shape index (κ1) is 16.4. The molecule has 1 aromatic heterocycles. The van der Waals surface area contributed by atoms with E-state index >= 15 is 0 Å². The summed E-state index contributed by atoms with van der Waals surface area (Å²) in [5.74, 6) is -0.757. The maximum Gasteiger partial charge on any atom is 0.303 e. The number of carboxylic acid groups (broad SMARTS) is 1. The van der Waals surface area contributed by atoms with Gasteiger partial charge in [0.25, 0.3) is 0 Å². The standard InChI is InChI=1S/C15H23FN2O2S/c1-17(6-2-5-15(19)20)10-13-8-12(16)9-18(13)11-14-4-3-7-21-14/h3-4,7,12-13H,2,5-6,8-11H2,1H3,(H,19,20)/t12-,13-/m0/s1. The first-order valence-corrected chi connectivity index (χ1v) is 8.23. The van der Waals surface area contributed by atoms with Crippen molar-refractivity contribution >= 4 is 17.3 Å². The van der Waals surface area contributed by atoms with E-state index in [-0.39, 0.29) is 12.5 Å². The molecule has 1 saturated heterocycles. The van der Waals surface area contributed by atoms with E-state index in [0.717, 1.165) is 19.6 Å². The Morgan fingerprint density at radius 3 is 3.10 bits per heavy atom. The minimum atomic E-state index is -0.757. The van der Waals surface area contributed by atoms with Crippen LogP contribution in [0.2, 0.25) is 0 Å². The molecular formula is C15H23FN2O2S. The van der Waals surface area contributed by atoms with Gasteiger partial charge in [-0.15, -0.1) is 11.3 Å². The normalized spacial score (nSPS) is 23.0. The second-order valence-corrected chi connectivity index (χ2v) is 6.79. The molecule has 2 heterocycles. The molecule has 6 heteroatoms. The van der Waals surface area contributed by atoms with Crippen LogP contribution in [0.15, 0.2) is 17.5 Å². The van der Waals surface area contributed by atoms with Gasteiger partial charge in [-0.25, -0.2) is 4.39 Å². The first-order chi connectivity index (χ1) is 10.0. The molecule has 2 atom stereocenters. The summed E-state index contributed by atoms with van der Waals surface area (Å²) < 4.78 is 13.7. The van der Waals surface area contributed by atoms with E-state index in [1.807, 2.05) is 18.5 Å². The number of nitrogens with zero attached hydrogens (tertiary/aromatic N) is 2. The summed E-state index contributed by atoms with van der Waals surface area (Å²) in [7, 11) is 1.98. The van der Waals surface area contributed by atoms with E-state index in [1.165, 1.54) is 4.88 Å². The quantitative estimate of drug-likeness (QED) is 0.800. The molecule has 1 N–H and O–H groups in total. The second-order valence-electron chi connectivity index (χ2n) is 5.76. The van der Waals surface area contributed by atoms with Crippen LogP contribution >= 0.6 is 11.3 Å². The largest absolute Gasteiger partial charge is 0.481 e. The van der Waals surface area contributed by atoms with Crippen molar-refractivity contribution in [2.75, 3.05) is 26.7 Å². The average molecular weight is 314 g/mol. The van der Waals surface area contributed by atoms with Crippen LogP contribution in [-0.2, 0) is 11.3 Å². The Kier molecular flexibility index (Phi) is 6.14. The van der Waals surface area contributed by atoms with Crippen molar-refractivity contribution in [3.63, 3.8) is 0 Å². The maximum absolute atomic E-state index is 13.7. The van der Waals surface area contributed by atoms with Gasteiger partial charge in [0, 0.05) is 37.0 Å². The predicted molar refractivity (Wildman–Crippen MR) is 82.4 cm³/mol. The van der Waals surface area contributed by atoms with Gasteiger partial charge in [0.2, 0.25) is 0 Å². The minimum absolute atomic E-state index is 0.194. The SMILES string of the molecule is CN(CCCC(=O)O)C[C@@H]1C[C@H](F)CN1Cc1cccs1. The van der Waals surface area contributed by atoms with Crippen LogP contribution in [0, 0.1) is 0 Å². The molecule has 4 nitrogen and oxygen atoms in total. The van der Waals surface area contributed by atoms with Crippen molar-refractivity contribution < 1.29 is 14.3 Å². The monoisotopic (exact) mass is 314 g/mol. The number of rotatable bonds is 8. The van der Waals surface area contributed by atoms with Gasteiger partial charge in [-0.2, -0.15) is 0 Å². The number of carbonyl (C=O) groups is 1. The number of hydrogen-bond donors (Lipinski definition) is 1. The number of likely N-dealkylation sites (N-methyl/N-ethyl adjacent to an activating group) is 1. The van der Waals surface area contributed by atoms with Gasteiger partial charge in [0.05, 0.1) is 0 Å². The van der Waals surface area contributed by atoms with Gasteiger partial charge < -0.3 is 10.0 Å². The van der Waals surface area contributed by atoms with Gasteiger partial charge >= 0.3 is 5.97 Å². The molecule has 21 heavy (non-hydrogen) atoms. The van der Waals surface area contributed by atoms with Gasteiger partial charge in [0.15, 0.2) is 0 Å². The number of thiophene rings is 1. The van der Waals surface area contributed by atoms with E-state index < -0.39 is 12.1 Å². The van der Waals surface area contributed by atoms with Crippen LogP contribution < -0.4 is 0 Å². The zero-order valence-electron chi connectivity index (χ0n) is 12.4. The highest BCUT2D eigenvalue weighted by Crippen LogP contribution is 2.24. The fourth-order valence-electron chi connectivity index (χ4n) is 2.86. The maximum atomic E-state index is 13.7. The third-order valence-electron chi connectivity index (χ3n) is 3.87. The van der Waals surface area contributed by atoms with Crippen molar-refractivity contribution in [3.05, 3.63) is 22.4 Å². The van der Waals surface area contributed by atoms with Gasteiger partial charge in [-0.05, 0) is 37.9 Å². The topological polar surface area (TPSA) is 43.8 Å². The summed E-state index contributed by atoms with van der Waals surface area (Å²) in [5, 5.41) is 10.7. The van der Waals surface area contributed by atoms with E-state index in [4.69, 9.17) is 5.11 Å². The lowest BCUT2D eigenvalue weighted by atomic mass is 10.2. The Balaban J connectivity index is 1.80. The lowest BCUT2D eigenvalue weighted by Crippen LogP contribution is -2.38. The zero-order chi connectivity index (χ0) is 15.2. The molecule has 0 bridgehead atoms. The second kappa shape index (κ2) is 7.87. The van der Waals surface area contributed by atoms with Crippen molar-refractivity contribution in [2.45, 2.75) is 38.0 Å². The van der Waals surface area contributed by atoms with Crippen molar-refractivity contribution in [2.24, 2.45) is 0 Å². The van der Waals surface area contributed by atoms with Gasteiger partial charge in [-0.1, -0.05) is 6.07 Å². The third kappa shape index (κ3) is 5.37. The molecule has 0 saturated carbocycles. The Bertz CT molecular complexity index is 441. The Labute approximate surface area is 129 Å². The molecule has 0 unspecified atom stereocenters. The molecule has 1 aliphatic rings. The highest BCUT2D eigenvalue weighted by atomic mass is 32.1. The summed E-state index contributed by atoms with van der Waals surface area (Å²) in [6.45, 7) is 2.86. The van der Waals surface area contributed by atoms with E-state index in [0.29, 0.717) is 19.4 Å². The summed E-state index contributed by atoms with van der Waals surface area (Å²) in [5.41, 5.74) is 0. The smallest absolute Gasteiger partial charge is 0.303 e. The molecule has 2 rings (SSSR count). The molecular weight excluding hydrogens is 291 g/mol. The van der Waals surface area contributed by atoms with Crippen molar-refractivity contribution in [1.29, 1.82) is 0 Å². The van der Waals surface area contributed by atoms with Gasteiger partial charge in [-0.3, -0.25) is 9.69 Å². The number of carboxylic acids is 1. The molecule has 1 fully saturated rings. The van der Waals surface area contributed by atoms with Crippen LogP contribution in [0.5, 0.6) is 0 Å². The van der Waals surface area contributed by atoms with Crippen LogP contribution in [0.3, 0.4) is 0 Å². The molecule has 0 radical (unpaired) electrons. The van der Waals surface area contributed by atoms with Crippen LogP contribution in [0.1, 0.15) is 24.1 Å². The van der Waals surface area contributed by atoms with Crippen LogP contribution in [0.25, 0.3) is 0 Å². The number of alkyl halides is 1. The number of hydrogen-bond acceptors (Lipinski definition) is 4. The molecule has 0 aromatic carbocycles. The third-order valence-corrected chi connectivity index (χ3v) is 4.73. The van der Waals surface area contributed by atoms with E-state index in [1.54, 1.807) is 11.3 Å². The highest BCUT2D eigenvalue weighted by molar-refractivity contribution is 7.09. The summed E-state index contributed by atoms with van der Waals surface area (Å²) in [6, 6.07) is 4.33. The van der Waals surface area contributed by atoms with Crippen molar-refractivity contribution in [3.8, 4) is 0 Å². The molecule has 0 aliphatic carbocycles. The number of halogens is 1. The summed E-state index contributed by atoms with van der Waals surface area (Å²) >= 11 is 1.71. The summed E-state index contributed by atoms with van der Waals surface area (Å²) in [6.07, 6.45) is 0.666. The van der Waals surface area contributed by atoms with E-state index in [2.05, 4.69) is 15.9 Å². The predicted octanol–water partition coefficient (Wildman–Crippen LogP) is 2.46. The highest BCUT2D eigenvalue weighted by Gasteiger charge is 2.32. The fraction of sp³-hybridized carbons (Fsp3) is 0.667. The zero-order valence-corrected chi connectivity index (χ0v) is 13.2. The average Bonchev–Trinajstić information content (AvgIpc) is 3.00. The van der Waals surface area contributed by atoms with Gasteiger partial charge in [0.1, 0.15) is 6.17 Å². The Morgan fingerprint density at radius 1 is 1.62 bits per heavy atom. The van der Waals surface area contributed by atoms with E-state index in [9.17, 15) is 9.18 Å². The summed E-state index contributed by atoms with van der Waals surface area (Å²) in [4.78, 5) is 16.1. The number of likely N-dealkylation sites (tertiary alicyclic amines) is 1. The fourth-order valence-corrected chi connectivity index (χ4v) is 3.59. The lowest BCUT2D eigenvalue weighted by Gasteiger charge is -2.28. The lowest BCUT2D eigenvalue weighted by molar-refractivity contribution is -0.137. The Hall–Kier alpha value is -0.980.